The molecule has 7 heteroatoms. The number of hydrogen-bond acceptors (Lipinski definition) is 3. The van der Waals surface area contributed by atoms with Gasteiger partial charge in [-0.3, -0.25) is 9.78 Å². The minimum Gasteiger partial charge on any atom is -0.494 e. The topological polar surface area (TPSA) is 75.1 Å². The lowest BCUT2D eigenvalue weighted by atomic mass is 10.2. The van der Waals surface area contributed by atoms with Gasteiger partial charge in [0.2, 0.25) is 5.88 Å². The molecule has 0 radical (unpaired) electrons. The van der Waals surface area contributed by atoms with Crippen LogP contribution in [0.25, 0.3) is 5.69 Å². The Morgan fingerprint density at radius 3 is 2.74 bits per heavy atom. The van der Waals surface area contributed by atoms with Crippen LogP contribution in [0.3, 0.4) is 0 Å². The summed E-state index contributed by atoms with van der Waals surface area (Å²) in [5, 5.41) is 9.98. The molecule has 0 aliphatic carbocycles. The van der Waals surface area contributed by atoms with Crippen LogP contribution in [-0.4, -0.2) is 14.7 Å². The maximum absolute atomic E-state index is 13.8. The Bertz CT molecular complexity index is 752. The quantitative estimate of drug-likeness (QED) is 0.881. The number of H-pyrrole nitrogens is 1. The average molecular weight is 329 g/mol. The molecule has 0 fully saturated rings. The molecule has 0 aliphatic rings. The lowest BCUT2D eigenvalue weighted by Crippen LogP contribution is -2.31. The maximum Gasteiger partial charge on any atom is 0.335 e. The van der Waals surface area contributed by atoms with Gasteiger partial charge in [-0.05, 0) is 24.6 Å². The second-order valence-electron chi connectivity index (χ2n) is 3.85. The fourth-order valence-electron chi connectivity index (χ4n) is 1.76. The summed E-state index contributed by atoms with van der Waals surface area (Å²) < 4.78 is 15.0. The van der Waals surface area contributed by atoms with E-state index in [0.717, 1.165) is 10.6 Å². The van der Waals surface area contributed by atoms with E-state index < -0.39 is 22.9 Å². The van der Waals surface area contributed by atoms with Gasteiger partial charge in [-0.25, -0.2) is 13.8 Å². The maximum atomic E-state index is 13.8. The van der Waals surface area contributed by atoms with Crippen LogP contribution >= 0.6 is 15.9 Å². The van der Waals surface area contributed by atoms with Gasteiger partial charge in [0.1, 0.15) is 5.82 Å². The number of nitrogens with one attached hydrogen (secondary N) is 1. The van der Waals surface area contributed by atoms with E-state index in [9.17, 15) is 19.1 Å². The number of nitrogens with zero attached hydrogens (tertiary/aromatic N) is 1. The lowest BCUT2D eigenvalue weighted by molar-refractivity contribution is 0.420. The third-order valence-electron chi connectivity index (χ3n) is 2.68. The van der Waals surface area contributed by atoms with Gasteiger partial charge in [-0.2, -0.15) is 0 Å². The molecular weight excluding hydrogens is 319 g/mol. The predicted molar refractivity (Wildman–Crippen MR) is 71.4 cm³/mol. The summed E-state index contributed by atoms with van der Waals surface area (Å²) in [7, 11) is 0. The van der Waals surface area contributed by atoms with Crippen molar-refractivity contribution in [3.05, 3.63) is 54.9 Å². The van der Waals surface area contributed by atoms with Gasteiger partial charge in [0.15, 0.2) is 0 Å². The zero-order valence-electron chi connectivity index (χ0n) is 9.91. The number of aromatic amines is 1. The fourth-order valence-corrected chi connectivity index (χ4v) is 2.11. The monoisotopic (exact) mass is 328 g/mol. The highest BCUT2D eigenvalue weighted by molar-refractivity contribution is 9.10. The molecule has 19 heavy (non-hydrogen) atoms. The molecule has 0 atom stereocenters. The second kappa shape index (κ2) is 5.00. The summed E-state index contributed by atoms with van der Waals surface area (Å²) in [5.74, 6) is -1.23. The SMILES string of the molecule is CCc1c(O)n(-c2cc(Br)ccc2F)c(=O)[nH]c1=O. The number of aromatic hydroxyl groups is 1. The standard InChI is InChI=1S/C12H10BrFN2O3/c1-2-7-10(17)15-12(19)16(11(7)18)9-5-6(13)3-4-8(9)14/h3-5,18H,2H2,1H3,(H,15,17,19). The molecule has 0 spiro atoms. The van der Waals surface area contributed by atoms with E-state index in [1.165, 1.54) is 12.1 Å². The Labute approximate surface area is 115 Å². The molecule has 2 rings (SSSR count). The van der Waals surface area contributed by atoms with Gasteiger partial charge in [0.25, 0.3) is 5.56 Å². The lowest BCUT2D eigenvalue weighted by Gasteiger charge is -2.11. The van der Waals surface area contributed by atoms with E-state index >= 15 is 0 Å². The highest BCUT2D eigenvalue weighted by Gasteiger charge is 2.16. The van der Waals surface area contributed by atoms with Crippen molar-refractivity contribution >= 4 is 15.9 Å². The van der Waals surface area contributed by atoms with Gasteiger partial charge in [0, 0.05) is 4.47 Å². The van der Waals surface area contributed by atoms with Crippen LogP contribution in [0.15, 0.2) is 32.3 Å². The highest BCUT2D eigenvalue weighted by atomic mass is 79.9. The molecule has 100 valence electrons. The molecule has 0 saturated heterocycles. The Morgan fingerprint density at radius 2 is 2.11 bits per heavy atom. The minimum absolute atomic E-state index is 0.0268. The first-order valence-electron chi connectivity index (χ1n) is 5.48. The van der Waals surface area contributed by atoms with Crippen LogP contribution in [0.1, 0.15) is 12.5 Å². The molecule has 2 N–H and O–H groups in total. The zero-order valence-corrected chi connectivity index (χ0v) is 11.5. The van der Waals surface area contributed by atoms with Gasteiger partial charge < -0.3 is 5.11 Å². The van der Waals surface area contributed by atoms with Crippen LogP contribution in [0.5, 0.6) is 5.88 Å². The summed E-state index contributed by atoms with van der Waals surface area (Å²) >= 11 is 3.16. The molecule has 1 aromatic carbocycles. The first kappa shape index (κ1) is 13.5. The van der Waals surface area contributed by atoms with E-state index in [4.69, 9.17) is 0 Å². The summed E-state index contributed by atoms with van der Waals surface area (Å²) in [6, 6.07) is 3.96. The Balaban J connectivity index is 2.86. The van der Waals surface area contributed by atoms with Crippen LogP contribution in [0, 0.1) is 5.82 Å². The van der Waals surface area contributed by atoms with Crippen molar-refractivity contribution in [3.63, 3.8) is 0 Å². The summed E-state index contributed by atoms with van der Waals surface area (Å²) in [5.41, 5.74) is -1.67. The number of aromatic nitrogens is 2. The van der Waals surface area contributed by atoms with E-state index in [-0.39, 0.29) is 17.7 Å². The Kier molecular flexibility index (Phi) is 3.57. The number of halogens is 2. The van der Waals surface area contributed by atoms with Crippen LogP contribution < -0.4 is 11.2 Å². The average Bonchev–Trinajstić information content (AvgIpc) is 2.33. The molecule has 0 aliphatic heterocycles. The van der Waals surface area contributed by atoms with Crippen LogP contribution in [0.2, 0.25) is 0 Å². The van der Waals surface area contributed by atoms with Gasteiger partial charge in [0.05, 0.1) is 11.3 Å². The first-order chi connectivity index (χ1) is 8.95. The zero-order chi connectivity index (χ0) is 14.2. The third-order valence-corrected chi connectivity index (χ3v) is 3.18. The molecule has 0 amide bonds. The second-order valence-corrected chi connectivity index (χ2v) is 4.76. The van der Waals surface area contributed by atoms with Crippen molar-refractivity contribution in [2.75, 3.05) is 0 Å². The van der Waals surface area contributed by atoms with E-state index in [1.807, 2.05) is 0 Å². The van der Waals surface area contributed by atoms with Crippen molar-refractivity contribution < 1.29 is 9.50 Å². The molecular formula is C12H10BrFN2O3. The molecule has 5 nitrogen and oxygen atoms in total. The van der Waals surface area contributed by atoms with Gasteiger partial charge in [-0.1, -0.05) is 22.9 Å². The molecule has 0 unspecified atom stereocenters. The Hall–Kier alpha value is -1.89. The van der Waals surface area contributed by atoms with Crippen molar-refractivity contribution in [1.29, 1.82) is 0 Å². The van der Waals surface area contributed by atoms with Crippen LogP contribution in [-0.2, 0) is 6.42 Å². The van der Waals surface area contributed by atoms with Gasteiger partial charge >= 0.3 is 5.69 Å². The van der Waals surface area contributed by atoms with Gasteiger partial charge in [-0.15, -0.1) is 0 Å². The van der Waals surface area contributed by atoms with Crippen molar-refractivity contribution in [2.24, 2.45) is 0 Å². The van der Waals surface area contributed by atoms with E-state index in [1.54, 1.807) is 6.92 Å². The first-order valence-corrected chi connectivity index (χ1v) is 6.27. The molecule has 0 bridgehead atoms. The fraction of sp³-hybridized carbons (Fsp3) is 0.167. The molecule has 1 aromatic heterocycles. The number of rotatable bonds is 2. The van der Waals surface area contributed by atoms with Crippen molar-refractivity contribution in [2.45, 2.75) is 13.3 Å². The van der Waals surface area contributed by atoms with Crippen LogP contribution in [0.4, 0.5) is 4.39 Å². The number of benzene rings is 1. The number of hydrogen-bond donors (Lipinski definition) is 2. The largest absolute Gasteiger partial charge is 0.494 e. The normalized spacial score (nSPS) is 10.7. The third kappa shape index (κ3) is 2.33. The smallest absolute Gasteiger partial charge is 0.335 e. The summed E-state index contributed by atoms with van der Waals surface area (Å²) in [6.07, 6.45) is 0.219. The van der Waals surface area contributed by atoms with Crippen molar-refractivity contribution in [3.8, 4) is 11.6 Å². The van der Waals surface area contributed by atoms with Crippen molar-refractivity contribution in [1.82, 2.24) is 9.55 Å². The highest BCUT2D eigenvalue weighted by Crippen LogP contribution is 2.22. The Morgan fingerprint density at radius 1 is 1.42 bits per heavy atom. The molecule has 2 aromatic rings. The minimum atomic E-state index is -0.892. The van der Waals surface area contributed by atoms with E-state index in [0.29, 0.717) is 4.47 Å². The van der Waals surface area contributed by atoms with E-state index in [2.05, 4.69) is 20.9 Å². The molecule has 0 saturated carbocycles. The predicted octanol–water partition coefficient (Wildman–Crippen LogP) is 1.70. The molecule has 1 heterocycles. The summed E-state index contributed by atoms with van der Waals surface area (Å²) in [4.78, 5) is 25.3. The summed E-state index contributed by atoms with van der Waals surface area (Å²) in [6.45, 7) is 1.65.